The highest BCUT2D eigenvalue weighted by Crippen LogP contribution is 2.00. The summed E-state index contributed by atoms with van der Waals surface area (Å²) in [5, 5.41) is 0.643. The molecular weight excluding hydrogens is 207 g/mol. The van der Waals surface area contributed by atoms with E-state index in [1.165, 1.54) is 12.1 Å². The van der Waals surface area contributed by atoms with Crippen LogP contribution < -0.4 is 0 Å². The molecule has 0 aromatic heterocycles. The van der Waals surface area contributed by atoms with Crippen LogP contribution in [0.1, 0.15) is 5.56 Å². The van der Waals surface area contributed by atoms with Gasteiger partial charge >= 0.3 is 0 Å². The van der Waals surface area contributed by atoms with Crippen LogP contribution in [0.3, 0.4) is 0 Å². The Morgan fingerprint density at radius 2 is 1.91 bits per heavy atom. The highest BCUT2D eigenvalue weighted by molar-refractivity contribution is 9.09. The van der Waals surface area contributed by atoms with Crippen molar-refractivity contribution in [3.63, 3.8) is 0 Å². The van der Waals surface area contributed by atoms with Crippen LogP contribution in [0, 0.1) is 17.7 Å². The average Bonchev–Trinajstić information content (AvgIpc) is 2.04. The van der Waals surface area contributed by atoms with Crippen molar-refractivity contribution in [3.8, 4) is 11.8 Å². The van der Waals surface area contributed by atoms with Gasteiger partial charge in [-0.3, -0.25) is 0 Å². The third-order valence-electron chi connectivity index (χ3n) is 1.14. The summed E-state index contributed by atoms with van der Waals surface area (Å²) in [5.41, 5.74) is 0.839. The summed E-state index contributed by atoms with van der Waals surface area (Å²) in [6.45, 7) is 0. The molecule has 0 amide bonds. The van der Waals surface area contributed by atoms with Crippen molar-refractivity contribution in [1.82, 2.24) is 0 Å². The molecule has 1 aromatic rings. The highest BCUT2D eigenvalue weighted by Gasteiger charge is 1.87. The first-order valence-corrected chi connectivity index (χ1v) is 4.25. The van der Waals surface area contributed by atoms with Gasteiger partial charge < -0.3 is 0 Å². The maximum atomic E-state index is 12.4. The van der Waals surface area contributed by atoms with Crippen molar-refractivity contribution in [2.24, 2.45) is 0 Å². The normalized spacial score (nSPS) is 8.55. The second kappa shape index (κ2) is 4.15. The molecule has 0 saturated heterocycles. The summed E-state index contributed by atoms with van der Waals surface area (Å²) in [4.78, 5) is 0. The van der Waals surface area contributed by atoms with Gasteiger partial charge in [-0.05, 0) is 24.3 Å². The second-order valence-corrected chi connectivity index (χ2v) is 2.50. The standard InChI is InChI=1S/C9H6BrF/c10-7-1-2-8-3-5-9(11)6-4-8/h3-6H,7H2. The molecule has 56 valence electrons. The zero-order valence-electron chi connectivity index (χ0n) is 5.77. The predicted molar refractivity (Wildman–Crippen MR) is 47.1 cm³/mol. The fourth-order valence-electron chi connectivity index (χ4n) is 0.669. The Kier molecular flexibility index (Phi) is 3.13. The van der Waals surface area contributed by atoms with E-state index in [2.05, 4.69) is 27.8 Å². The van der Waals surface area contributed by atoms with E-state index < -0.39 is 0 Å². The lowest BCUT2D eigenvalue weighted by atomic mass is 10.2. The number of rotatable bonds is 0. The molecule has 0 bridgehead atoms. The highest BCUT2D eigenvalue weighted by atomic mass is 79.9. The SMILES string of the molecule is Fc1ccc(C#CCBr)cc1. The number of hydrogen-bond acceptors (Lipinski definition) is 0. The van der Waals surface area contributed by atoms with Gasteiger partial charge in [-0.2, -0.15) is 0 Å². The van der Waals surface area contributed by atoms with Crippen molar-refractivity contribution < 1.29 is 4.39 Å². The maximum Gasteiger partial charge on any atom is 0.123 e. The number of alkyl halides is 1. The van der Waals surface area contributed by atoms with Crippen LogP contribution in [0.15, 0.2) is 24.3 Å². The summed E-state index contributed by atoms with van der Waals surface area (Å²) in [6.07, 6.45) is 0. The van der Waals surface area contributed by atoms with Gasteiger partial charge in [0.1, 0.15) is 5.82 Å². The van der Waals surface area contributed by atoms with Gasteiger partial charge in [0, 0.05) is 5.56 Å². The molecule has 0 aliphatic heterocycles. The maximum absolute atomic E-state index is 12.4. The molecule has 0 N–H and O–H groups in total. The van der Waals surface area contributed by atoms with Gasteiger partial charge in [-0.15, -0.1) is 0 Å². The van der Waals surface area contributed by atoms with Gasteiger partial charge in [0.2, 0.25) is 0 Å². The average molecular weight is 213 g/mol. The fraction of sp³-hybridized carbons (Fsp3) is 0.111. The molecule has 0 aliphatic rings. The third-order valence-corrected chi connectivity index (χ3v) is 1.42. The van der Waals surface area contributed by atoms with E-state index >= 15 is 0 Å². The largest absolute Gasteiger partial charge is 0.207 e. The van der Waals surface area contributed by atoms with Crippen molar-refractivity contribution in [3.05, 3.63) is 35.6 Å². The number of halogens is 2. The molecule has 0 nitrogen and oxygen atoms in total. The quantitative estimate of drug-likeness (QED) is 0.459. The predicted octanol–water partition coefficient (Wildman–Crippen LogP) is 2.57. The minimum atomic E-state index is -0.227. The van der Waals surface area contributed by atoms with Gasteiger partial charge in [0.25, 0.3) is 0 Å². The summed E-state index contributed by atoms with van der Waals surface area (Å²) in [6, 6.07) is 6.12. The summed E-state index contributed by atoms with van der Waals surface area (Å²) in [5.74, 6) is 5.46. The molecule has 1 rings (SSSR count). The summed E-state index contributed by atoms with van der Waals surface area (Å²) in [7, 11) is 0. The summed E-state index contributed by atoms with van der Waals surface area (Å²) >= 11 is 3.17. The van der Waals surface area contributed by atoms with E-state index in [9.17, 15) is 4.39 Å². The Morgan fingerprint density at radius 3 is 2.45 bits per heavy atom. The molecule has 1 aromatic carbocycles. The molecule has 0 fully saturated rings. The van der Waals surface area contributed by atoms with Gasteiger partial charge in [0.05, 0.1) is 5.33 Å². The monoisotopic (exact) mass is 212 g/mol. The van der Waals surface area contributed by atoms with Crippen LogP contribution in [0.4, 0.5) is 4.39 Å². The van der Waals surface area contributed by atoms with Crippen LogP contribution in [0.5, 0.6) is 0 Å². The lowest BCUT2D eigenvalue weighted by molar-refractivity contribution is 0.627. The van der Waals surface area contributed by atoms with Crippen molar-refractivity contribution in [2.45, 2.75) is 0 Å². The molecule has 0 atom stereocenters. The zero-order chi connectivity index (χ0) is 8.10. The van der Waals surface area contributed by atoms with Gasteiger partial charge in [-0.1, -0.05) is 27.8 Å². The Morgan fingerprint density at radius 1 is 1.27 bits per heavy atom. The van der Waals surface area contributed by atoms with E-state index in [1.807, 2.05) is 0 Å². The lowest BCUT2D eigenvalue weighted by Crippen LogP contribution is -1.75. The Hall–Kier alpha value is -0.810. The topological polar surface area (TPSA) is 0 Å². The fourth-order valence-corrected chi connectivity index (χ4v) is 0.809. The van der Waals surface area contributed by atoms with Crippen molar-refractivity contribution in [2.75, 3.05) is 5.33 Å². The molecular formula is C9H6BrF. The molecule has 0 saturated carbocycles. The first-order chi connectivity index (χ1) is 5.33. The Bertz CT molecular complexity index is 279. The second-order valence-electron chi connectivity index (χ2n) is 1.94. The van der Waals surface area contributed by atoms with Crippen LogP contribution in [0.2, 0.25) is 0 Å². The smallest absolute Gasteiger partial charge is 0.123 e. The van der Waals surface area contributed by atoms with E-state index in [-0.39, 0.29) is 5.82 Å². The van der Waals surface area contributed by atoms with E-state index in [0.29, 0.717) is 5.33 Å². The van der Waals surface area contributed by atoms with Crippen molar-refractivity contribution in [1.29, 1.82) is 0 Å². The minimum Gasteiger partial charge on any atom is -0.207 e. The lowest BCUT2D eigenvalue weighted by Gasteiger charge is -1.87. The number of benzene rings is 1. The van der Waals surface area contributed by atoms with E-state index in [0.717, 1.165) is 5.56 Å². The molecule has 0 heterocycles. The molecule has 11 heavy (non-hydrogen) atoms. The molecule has 0 aliphatic carbocycles. The van der Waals surface area contributed by atoms with Crippen molar-refractivity contribution >= 4 is 15.9 Å². The van der Waals surface area contributed by atoms with E-state index in [1.54, 1.807) is 12.1 Å². The molecule has 0 spiro atoms. The van der Waals surface area contributed by atoms with Crippen LogP contribution in [-0.4, -0.2) is 5.33 Å². The Labute approximate surface area is 73.6 Å². The van der Waals surface area contributed by atoms with Crippen LogP contribution >= 0.6 is 15.9 Å². The third kappa shape index (κ3) is 2.73. The zero-order valence-corrected chi connectivity index (χ0v) is 7.36. The Balaban J connectivity index is 2.82. The molecule has 0 unspecified atom stereocenters. The van der Waals surface area contributed by atoms with Gasteiger partial charge in [-0.25, -0.2) is 4.39 Å². The van der Waals surface area contributed by atoms with Crippen LogP contribution in [0.25, 0.3) is 0 Å². The first kappa shape index (κ1) is 8.29. The van der Waals surface area contributed by atoms with Crippen LogP contribution in [-0.2, 0) is 0 Å². The summed E-state index contributed by atoms with van der Waals surface area (Å²) < 4.78 is 12.4. The first-order valence-electron chi connectivity index (χ1n) is 3.13. The number of hydrogen-bond donors (Lipinski definition) is 0. The minimum absolute atomic E-state index is 0.227. The molecule has 2 heteroatoms. The van der Waals surface area contributed by atoms with E-state index in [4.69, 9.17) is 0 Å². The van der Waals surface area contributed by atoms with Gasteiger partial charge in [0.15, 0.2) is 0 Å². The molecule has 0 radical (unpaired) electrons.